The van der Waals surface area contributed by atoms with Gasteiger partial charge in [-0.05, 0) is 0 Å². The Morgan fingerprint density at radius 3 is 2.35 bits per heavy atom. The minimum atomic E-state index is -0.990. The fourth-order valence-corrected chi connectivity index (χ4v) is 3.70. The summed E-state index contributed by atoms with van der Waals surface area (Å²) in [5.41, 5.74) is 0.705. The topological polar surface area (TPSA) is 88.5 Å². The quantitative estimate of drug-likeness (QED) is 0.751. The largest absolute Gasteiger partial charge is 0.496 e. The summed E-state index contributed by atoms with van der Waals surface area (Å²) >= 11 is 1.42. The zero-order valence-electron chi connectivity index (χ0n) is 13.3. The second-order valence-electron chi connectivity index (χ2n) is 4.99. The number of amides is 1. The molecule has 2 rings (SSSR count). The second kappa shape index (κ2) is 7.76. The number of β-amino-alcohol motifs (C(OH)–C–C–N with tert-alkyl or cyclic N) is 1. The van der Waals surface area contributed by atoms with Crippen LogP contribution in [0.4, 0.5) is 0 Å². The van der Waals surface area contributed by atoms with Crippen LogP contribution >= 0.6 is 11.8 Å². The monoisotopic (exact) mass is 343 g/mol. The van der Waals surface area contributed by atoms with Gasteiger partial charge >= 0.3 is 0 Å². The van der Waals surface area contributed by atoms with Gasteiger partial charge in [0.05, 0.1) is 51.9 Å². The highest BCUT2D eigenvalue weighted by atomic mass is 32.2. The number of carbonyl (C=O) groups is 1. The number of hydrogen-bond donors (Lipinski definition) is 2. The van der Waals surface area contributed by atoms with Crippen LogP contribution in [-0.2, 0) is 4.79 Å². The summed E-state index contributed by atoms with van der Waals surface area (Å²) in [7, 11) is 4.61. The van der Waals surface area contributed by atoms with Crippen molar-refractivity contribution in [3.63, 3.8) is 0 Å². The van der Waals surface area contributed by atoms with Gasteiger partial charge in [-0.25, -0.2) is 0 Å². The van der Waals surface area contributed by atoms with Crippen molar-refractivity contribution in [2.45, 2.75) is 11.5 Å². The Morgan fingerprint density at radius 1 is 1.26 bits per heavy atom. The van der Waals surface area contributed by atoms with E-state index in [1.54, 1.807) is 19.2 Å². The molecule has 0 bridgehead atoms. The average molecular weight is 343 g/mol. The summed E-state index contributed by atoms with van der Waals surface area (Å²) in [6.45, 7) is -0.358. The van der Waals surface area contributed by atoms with Crippen molar-refractivity contribution in [1.82, 2.24) is 4.90 Å². The Hall–Kier alpha value is -1.64. The van der Waals surface area contributed by atoms with Crippen LogP contribution in [0.2, 0.25) is 0 Å². The van der Waals surface area contributed by atoms with Gasteiger partial charge < -0.3 is 29.3 Å². The van der Waals surface area contributed by atoms with E-state index in [9.17, 15) is 9.90 Å². The molecule has 2 N–H and O–H groups in total. The Bertz CT molecular complexity index is 542. The molecule has 0 saturated carbocycles. The van der Waals surface area contributed by atoms with Crippen molar-refractivity contribution in [3.05, 3.63) is 17.7 Å². The average Bonchev–Trinajstić information content (AvgIpc) is 2.93. The summed E-state index contributed by atoms with van der Waals surface area (Å²) in [6, 6.07) is 3.45. The first kappa shape index (κ1) is 17.7. The van der Waals surface area contributed by atoms with E-state index in [1.165, 1.54) is 30.9 Å². The lowest BCUT2D eigenvalue weighted by molar-refractivity contribution is -0.129. The van der Waals surface area contributed by atoms with E-state index in [4.69, 9.17) is 19.3 Å². The van der Waals surface area contributed by atoms with E-state index in [-0.39, 0.29) is 17.8 Å². The first-order valence-electron chi connectivity index (χ1n) is 7.05. The van der Waals surface area contributed by atoms with Gasteiger partial charge in [0.2, 0.25) is 5.91 Å². The lowest BCUT2D eigenvalue weighted by Gasteiger charge is -2.28. The van der Waals surface area contributed by atoms with Crippen LogP contribution in [-0.4, -0.2) is 67.4 Å². The van der Waals surface area contributed by atoms with E-state index < -0.39 is 12.7 Å². The zero-order chi connectivity index (χ0) is 17.0. The third kappa shape index (κ3) is 3.65. The van der Waals surface area contributed by atoms with E-state index >= 15 is 0 Å². The number of aliphatic hydroxyl groups is 2. The summed E-state index contributed by atoms with van der Waals surface area (Å²) in [5.74, 6) is 1.85. The molecule has 1 saturated heterocycles. The van der Waals surface area contributed by atoms with Crippen LogP contribution in [0.25, 0.3) is 0 Å². The van der Waals surface area contributed by atoms with Gasteiger partial charge in [-0.15, -0.1) is 11.8 Å². The molecule has 0 spiro atoms. The first-order valence-corrected chi connectivity index (χ1v) is 8.10. The van der Waals surface area contributed by atoms with Crippen LogP contribution in [0.3, 0.4) is 0 Å². The molecular weight excluding hydrogens is 322 g/mol. The second-order valence-corrected chi connectivity index (χ2v) is 6.06. The normalized spacial score (nSPS) is 18.9. The van der Waals surface area contributed by atoms with Crippen molar-refractivity contribution < 1.29 is 29.2 Å². The van der Waals surface area contributed by atoms with Crippen LogP contribution < -0.4 is 14.2 Å². The van der Waals surface area contributed by atoms with Crippen molar-refractivity contribution in [2.75, 3.05) is 40.2 Å². The van der Waals surface area contributed by atoms with Gasteiger partial charge in [0.25, 0.3) is 0 Å². The predicted molar refractivity (Wildman–Crippen MR) is 86.1 cm³/mol. The Labute approximate surface area is 139 Å². The molecule has 8 heteroatoms. The van der Waals surface area contributed by atoms with Gasteiger partial charge in [0, 0.05) is 12.1 Å². The molecule has 2 atom stereocenters. The molecular formula is C15H21NO6S. The van der Waals surface area contributed by atoms with Crippen molar-refractivity contribution in [3.8, 4) is 17.2 Å². The number of rotatable bonds is 7. The number of ether oxygens (including phenoxy) is 3. The van der Waals surface area contributed by atoms with E-state index in [0.717, 1.165) is 0 Å². The molecule has 2 unspecified atom stereocenters. The first-order chi connectivity index (χ1) is 11.0. The maximum atomic E-state index is 12.1. The molecule has 0 aliphatic carbocycles. The van der Waals surface area contributed by atoms with Crippen molar-refractivity contribution >= 4 is 17.7 Å². The van der Waals surface area contributed by atoms with Crippen LogP contribution in [0.5, 0.6) is 17.2 Å². The third-order valence-electron chi connectivity index (χ3n) is 3.59. The highest BCUT2D eigenvalue weighted by Crippen LogP contribution is 2.48. The fraction of sp³-hybridized carbons (Fsp3) is 0.533. The molecule has 1 fully saturated rings. The summed E-state index contributed by atoms with van der Waals surface area (Å²) in [4.78, 5) is 13.7. The lowest BCUT2D eigenvalue weighted by atomic mass is 10.1. The highest BCUT2D eigenvalue weighted by Gasteiger charge is 2.37. The smallest absolute Gasteiger partial charge is 0.233 e. The summed E-state index contributed by atoms with van der Waals surface area (Å²) < 4.78 is 16.1. The van der Waals surface area contributed by atoms with Gasteiger partial charge in [-0.2, -0.15) is 0 Å². The van der Waals surface area contributed by atoms with Crippen LogP contribution in [0, 0.1) is 0 Å². The van der Waals surface area contributed by atoms with Gasteiger partial charge in [0.15, 0.2) is 0 Å². The number of hydrogen-bond acceptors (Lipinski definition) is 7. The standard InChI is InChI=1S/C15H21NO6S/c1-20-10-4-11(21-2)14(12(5-10)22-3)15-16(6-9(18)7-17)13(19)8-23-15/h4-5,9,15,17-18H,6-8H2,1-3H3. The number of thioether (sulfide) groups is 1. The maximum absolute atomic E-state index is 12.1. The molecule has 1 aromatic carbocycles. The molecule has 1 heterocycles. The number of methoxy groups -OCH3 is 3. The van der Waals surface area contributed by atoms with Gasteiger partial charge in [-0.1, -0.05) is 0 Å². The SMILES string of the molecule is COc1cc(OC)c(C2SCC(=O)N2CC(O)CO)c(OC)c1. The summed E-state index contributed by atoms with van der Waals surface area (Å²) in [5, 5.41) is 18.4. The third-order valence-corrected chi connectivity index (χ3v) is 4.81. The molecule has 0 radical (unpaired) electrons. The number of benzene rings is 1. The van der Waals surface area contributed by atoms with Crippen LogP contribution in [0.1, 0.15) is 10.9 Å². The van der Waals surface area contributed by atoms with E-state index in [0.29, 0.717) is 28.6 Å². The number of carbonyl (C=O) groups excluding carboxylic acids is 1. The van der Waals surface area contributed by atoms with Crippen LogP contribution in [0.15, 0.2) is 12.1 Å². The summed E-state index contributed by atoms with van der Waals surface area (Å²) in [6.07, 6.45) is -0.990. The lowest BCUT2D eigenvalue weighted by Crippen LogP contribution is -2.37. The molecule has 0 aromatic heterocycles. The maximum Gasteiger partial charge on any atom is 0.233 e. The molecule has 7 nitrogen and oxygen atoms in total. The number of nitrogens with zero attached hydrogens (tertiary/aromatic N) is 1. The Balaban J connectivity index is 2.44. The fourth-order valence-electron chi connectivity index (χ4n) is 2.45. The zero-order valence-corrected chi connectivity index (χ0v) is 14.1. The Morgan fingerprint density at radius 2 is 1.87 bits per heavy atom. The van der Waals surface area contributed by atoms with E-state index in [1.807, 2.05) is 0 Å². The van der Waals surface area contributed by atoms with Gasteiger partial charge in [0.1, 0.15) is 22.6 Å². The van der Waals surface area contributed by atoms with E-state index in [2.05, 4.69) is 0 Å². The minimum Gasteiger partial charge on any atom is -0.496 e. The van der Waals surface area contributed by atoms with Gasteiger partial charge in [-0.3, -0.25) is 4.79 Å². The molecule has 128 valence electrons. The molecule has 1 aliphatic heterocycles. The predicted octanol–water partition coefficient (Wildman–Crippen LogP) is 0.640. The molecule has 23 heavy (non-hydrogen) atoms. The van der Waals surface area contributed by atoms with Crippen molar-refractivity contribution in [2.24, 2.45) is 0 Å². The molecule has 1 amide bonds. The van der Waals surface area contributed by atoms with Crippen molar-refractivity contribution in [1.29, 1.82) is 0 Å². The number of aliphatic hydroxyl groups excluding tert-OH is 2. The minimum absolute atomic E-state index is 0.0470. The highest BCUT2D eigenvalue weighted by molar-refractivity contribution is 8.00. The Kier molecular flexibility index (Phi) is 5.97. The molecule has 1 aliphatic rings. The molecule has 1 aromatic rings.